The molecule has 0 saturated carbocycles. The number of anilines is 1. The Morgan fingerprint density at radius 1 is 1.50 bits per heavy atom. The van der Waals surface area contributed by atoms with Crippen molar-refractivity contribution in [2.45, 2.75) is 5.03 Å². The van der Waals surface area contributed by atoms with E-state index in [4.69, 9.17) is 0 Å². The second-order valence-corrected chi connectivity index (χ2v) is 3.50. The first-order chi connectivity index (χ1) is 6.57. The summed E-state index contributed by atoms with van der Waals surface area (Å²) in [7, 11) is 3.42. The van der Waals surface area contributed by atoms with Gasteiger partial charge in [0.25, 0.3) is 0 Å². The summed E-state index contributed by atoms with van der Waals surface area (Å²) in [6.45, 7) is 0. The zero-order valence-corrected chi connectivity index (χ0v) is 8.91. The van der Waals surface area contributed by atoms with Crippen molar-refractivity contribution in [3.63, 3.8) is 0 Å². The quantitative estimate of drug-likeness (QED) is 0.325. The first-order valence-electron chi connectivity index (χ1n) is 3.78. The maximum Gasteiger partial charge on any atom is 0.343 e. The molecule has 0 radical (unpaired) electrons. The van der Waals surface area contributed by atoms with E-state index < -0.39 is 4.92 Å². The molecule has 76 valence electrons. The van der Waals surface area contributed by atoms with Gasteiger partial charge in [0.15, 0.2) is 5.03 Å². The fourth-order valence-corrected chi connectivity index (χ4v) is 1.50. The molecular weight excluding hydrogens is 204 g/mol. The summed E-state index contributed by atoms with van der Waals surface area (Å²) < 4.78 is 0. The van der Waals surface area contributed by atoms with E-state index in [1.165, 1.54) is 18.1 Å². The molecule has 1 aromatic rings. The van der Waals surface area contributed by atoms with E-state index in [0.29, 0.717) is 10.8 Å². The zero-order valence-electron chi connectivity index (χ0n) is 8.09. The van der Waals surface area contributed by atoms with Crippen molar-refractivity contribution >= 4 is 23.3 Å². The lowest BCUT2D eigenvalue weighted by Gasteiger charge is -2.11. The fraction of sp³-hybridized carbons (Fsp3) is 0.429. The van der Waals surface area contributed by atoms with Crippen LogP contribution in [0.4, 0.5) is 11.5 Å². The number of hydrogen-bond donors (Lipinski definition) is 0. The highest BCUT2D eigenvalue weighted by Crippen LogP contribution is 2.31. The van der Waals surface area contributed by atoms with Crippen molar-refractivity contribution in [3.05, 3.63) is 16.4 Å². The van der Waals surface area contributed by atoms with Crippen molar-refractivity contribution in [1.82, 2.24) is 9.97 Å². The number of nitrogens with zero attached hydrogens (tertiary/aromatic N) is 4. The summed E-state index contributed by atoms with van der Waals surface area (Å²) in [6.07, 6.45) is 3.07. The van der Waals surface area contributed by atoms with Crippen LogP contribution >= 0.6 is 11.8 Å². The Morgan fingerprint density at radius 3 is 2.57 bits per heavy atom. The average Bonchev–Trinajstić information content (AvgIpc) is 2.16. The Hall–Kier alpha value is -1.37. The lowest BCUT2D eigenvalue weighted by Crippen LogP contribution is -2.13. The Kier molecular flexibility index (Phi) is 3.23. The van der Waals surface area contributed by atoms with E-state index >= 15 is 0 Å². The van der Waals surface area contributed by atoms with Crippen molar-refractivity contribution in [3.8, 4) is 0 Å². The minimum atomic E-state index is -0.457. The molecule has 0 aliphatic heterocycles. The molecule has 0 amide bonds. The van der Waals surface area contributed by atoms with Crippen LogP contribution in [0.15, 0.2) is 11.4 Å². The van der Waals surface area contributed by atoms with Gasteiger partial charge >= 0.3 is 5.69 Å². The molecule has 1 aromatic heterocycles. The molecule has 0 aliphatic carbocycles. The molecule has 0 aromatic carbocycles. The van der Waals surface area contributed by atoms with Gasteiger partial charge in [-0.3, -0.25) is 10.1 Å². The monoisotopic (exact) mass is 214 g/mol. The lowest BCUT2D eigenvalue weighted by molar-refractivity contribution is -0.387. The van der Waals surface area contributed by atoms with Gasteiger partial charge in [0.2, 0.25) is 5.82 Å². The van der Waals surface area contributed by atoms with Gasteiger partial charge in [-0.2, -0.15) is 0 Å². The molecule has 1 heterocycles. The Morgan fingerprint density at radius 2 is 2.14 bits per heavy atom. The highest BCUT2D eigenvalue weighted by Gasteiger charge is 2.23. The van der Waals surface area contributed by atoms with Gasteiger partial charge in [0.05, 0.1) is 4.92 Å². The molecule has 14 heavy (non-hydrogen) atoms. The van der Waals surface area contributed by atoms with Crippen molar-refractivity contribution in [2.75, 3.05) is 25.3 Å². The summed E-state index contributed by atoms with van der Waals surface area (Å²) >= 11 is 1.24. The summed E-state index contributed by atoms with van der Waals surface area (Å²) in [4.78, 5) is 19.6. The van der Waals surface area contributed by atoms with Gasteiger partial charge in [-0.25, -0.2) is 9.97 Å². The maximum absolute atomic E-state index is 10.8. The Balaban J connectivity index is 3.35. The smallest absolute Gasteiger partial charge is 0.343 e. The molecule has 0 bridgehead atoms. The van der Waals surface area contributed by atoms with E-state index in [0.717, 1.165) is 0 Å². The van der Waals surface area contributed by atoms with E-state index in [1.807, 2.05) is 0 Å². The van der Waals surface area contributed by atoms with Crippen LogP contribution in [-0.4, -0.2) is 35.2 Å². The van der Waals surface area contributed by atoms with Crippen molar-refractivity contribution in [2.24, 2.45) is 0 Å². The lowest BCUT2D eigenvalue weighted by atomic mass is 10.4. The minimum absolute atomic E-state index is 0.0370. The molecule has 7 heteroatoms. The SMILES string of the molecule is CSc1ncnc(N(C)C)c1[N+](=O)[O-]. The van der Waals surface area contributed by atoms with E-state index in [2.05, 4.69) is 9.97 Å². The highest BCUT2D eigenvalue weighted by molar-refractivity contribution is 7.98. The highest BCUT2D eigenvalue weighted by atomic mass is 32.2. The topological polar surface area (TPSA) is 72.2 Å². The van der Waals surface area contributed by atoms with Crippen LogP contribution in [0.25, 0.3) is 0 Å². The molecule has 6 nitrogen and oxygen atoms in total. The summed E-state index contributed by atoms with van der Waals surface area (Å²) in [6, 6.07) is 0. The van der Waals surface area contributed by atoms with Crippen LogP contribution in [0.2, 0.25) is 0 Å². The predicted molar refractivity (Wildman–Crippen MR) is 54.8 cm³/mol. The summed E-state index contributed by atoms with van der Waals surface area (Å²) in [5, 5.41) is 11.2. The molecule has 0 N–H and O–H groups in total. The minimum Gasteiger partial charge on any atom is -0.357 e. The summed E-state index contributed by atoms with van der Waals surface area (Å²) in [5.41, 5.74) is -0.0370. The number of nitro groups is 1. The second kappa shape index (κ2) is 4.23. The van der Waals surface area contributed by atoms with E-state index in [-0.39, 0.29) is 5.69 Å². The molecule has 0 aliphatic rings. The Labute approximate surface area is 85.5 Å². The third-order valence-corrected chi connectivity index (χ3v) is 2.25. The molecule has 0 atom stereocenters. The first kappa shape index (κ1) is 10.7. The Bertz CT molecular complexity index is 356. The van der Waals surface area contributed by atoms with Crippen LogP contribution in [-0.2, 0) is 0 Å². The summed E-state index contributed by atoms with van der Waals surface area (Å²) in [5.74, 6) is 0.328. The number of rotatable bonds is 3. The average molecular weight is 214 g/mol. The molecule has 0 saturated heterocycles. The third kappa shape index (κ3) is 1.92. The zero-order chi connectivity index (χ0) is 10.7. The van der Waals surface area contributed by atoms with E-state index in [1.54, 1.807) is 25.3 Å². The second-order valence-electron chi connectivity index (χ2n) is 2.71. The molecule has 0 spiro atoms. The van der Waals surface area contributed by atoms with Crippen LogP contribution in [0.3, 0.4) is 0 Å². The molecule has 0 unspecified atom stereocenters. The van der Waals surface area contributed by atoms with Gasteiger partial charge in [0, 0.05) is 14.1 Å². The molecule has 0 fully saturated rings. The van der Waals surface area contributed by atoms with E-state index in [9.17, 15) is 10.1 Å². The molecular formula is C7H10N4O2S. The first-order valence-corrected chi connectivity index (χ1v) is 5.01. The van der Waals surface area contributed by atoms with Crippen LogP contribution in [0.1, 0.15) is 0 Å². The third-order valence-electron chi connectivity index (χ3n) is 1.57. The van der Waals surface area contributed by atoms with Crippen molar-refractivity contribution < 1.29 is 4.92 Å². The van der Waals surface area contributed by atoms with Gasteiger partial charge in [-0.1, -0.05) is 0 Å². The van der Waals surface area contributed by atoms with Gasteiger partial charge in [0.1, 0.15) is 6.33 Å². The van der Waals surface area contributed by atoms with Crippen LogP contribution < -0.4 is 4.90 Å². The number of aromatic nitrogens is 2. The fourth-order valence-electron chi connectivity index (χ4n) is 0.990. The predicted octanol–water partition coefficient (Wildman–Crippen LogP) is 1.17. The van der Waals surface area contributed by atoms with Crippen LogP contribution in [0.5, 0.6) is 0 Å². The number of hydrogen-bond acceptors (Lipinski definition) is 6. The molecule has 1 rings (SSSR count). The normalized spacial score (nSPS) is 9.93. The number of thioether (sulfide) groups is 1. The van der Waals surface area contributed by atoms with Crippen molar-refractivity contribution in [1.29, 1.82) is 0 Å². The standard InChI is InChI=1S/C7H10N4O2S/c1-10(2)6-5(11(12)13)7(14-3)9-4-8-6/h4H,1-3H3. The van der Waals surface area contributed by atoms with Gasteiger partial charge in [-0.15, -0.1) is 11.8 Å². The van der Waals surface area contributed by atoms with Gasteiger partial charge < -0.3 is 4.90 Å². The largest absolute Gasteiger partial charge is 0.357 e. The van der Waals surface area contributed by atoms with Gasteiger partial charge in [-0.05, 0) is 6.26 Å². The van der Waals surface area contributed by atoms with Crippen LogP contribution in [0, 0.1) is 10.1 Å². The maximum atomic E-state index is 10.8.